The fraction of sp³-hybridized carbons (Fsp3) is 0.500. The van der Waals surface area contributed by atoms with E-state index in [-0.39, 0.29) is 17.7 Å². The van der Waals surface area contributed by atoms with Crippen molar-refractivity contribution in [1.82, 2.24) is 0 Å². The molecule has 1 aromatic carbocycles. The fourth-order valence-corrected chi connectivity index (χ4v) is 2.05. The zero-order valence-electron chi connectivity index (χ0n) is 12.2. The number of methoxy groups -OCH3 is 1. The van der Waals surface area contributed by atoms with Crippen LogP contribution in [0.2, 0.25) is 0 Å². The molecule has 0 unspecified atom stereocenters. The van der Waals surface area contributed by atoms with Crippen LogP contribution in [-0.2, 0) is 27.2 Å². The van der Waals surface area contributed by atoms with E-state index in [0.29, 0.717) is 25.8 Å². The summed E-state index contributed by atoms with van der Waals surface area (Å²) in [6.07, 6.45) is 2.38. The van der Waals surface area contributed by atoms with E-state index in [1.54, 1.807) is 0 Å². The molecule has 0 saturated heterocycles. The van der Waals surface area contributed by atoms with E-state index in [4.69, 9.17) is 10.5 Å². The zero-order chi connectivity index (χ0) is 15.0. The molecular formula is C16H23NO3. The summed E-state index contributed by atoms with van der Waals surface area (Å²) in [5.74, 6) is -0.144. The first kappa shape index (κ1) is 16.4. The highest BCUT2D eigenvalue weighted by molar-refractivity contribution is 5.80. The van der Waals surface area contributed by atoms with Crippen LogP contribution in [-0.4, -0.2) is 25.4 Å². The van der Waals surface area contributed by atoms with Gasteiger partial charge in [-0.05, 0) is 30.5 Å². The van der Waals surface area contributed by atoms with Crippen molar-refractivity contribution in [2.75, 3.05) is 13.7 Å². The number of rotatable bonds is 8. The van der Waals surface area contributed by atoms with Gasteiger partial charge >= 0.3 is 5.97 Å². The van der Waals surface area contributed by atoms with Gasteiger partial charge in [-0.2, -0.15) is 0 Å². The van der Waals surface area contributed by atoms with Crippen LogP contribution in [0.25, 0.3) is 0 Å². The van der Waals surface area contributed by atoms with E-state index in [2.05, 4.69) is 0 Å². The van der Waals surface area contributed by atoms with Crippen molar-refractivity contribution in [2.45, 2.75) is 32.6 Å². The Balaban J connectivity index is 2.52. The summed E-state index contributed by atoms with van der Waals surface area (Å²) in [6.45, 7) is 2.40. The maximum atomic E-state index is 11.6. The minimum atomic E-state index is -0.203. The van der Waals surface area contributed by atoms with E-state index in [9.17, 15) is 9.59 Å². The third-order valence-electron chi connectivity index (χ3n) is 3.23. The van der Waals surface area contributed by atoms with E-state index in [0.717, 1.165) is 17.5 Å². The van der Waals surface area contributed by atoms with Crippen LogP contribution < -0.4 is 5.73 Å². The summed E-state index contributed by atoms with van der Waals surface area (Å²) in [6, 6.07) is 7.81. The molecule has 110 valence electrons. The lowest BCUT2D eigenvalue weighted by molar-refractivity contribution is -0.144. The van der Waals surface area contributed by atoms with Crippen molar-refractivity contribution in [3.05, 3.63) is 35.4 Å². The minimum absolute atomic E-state index is 0.156. The van der Waals surface area contributed by atoms with Crippen LogP contribution >= 0.6 is 0 Å². The van der Waals surface area contributed by atoms with E-state index < -0.39 is 0 Å². The summed E-state index contributed by atoms with van der Waals surface area (Å²) in [4.78, 5) is 23.0. The number of carbonyl (C=O) groups excluding carboxylic acids is 2. The predicted molar refractivity (Wildman–Crippen MR) is 78.3 cm³/mol. The molecule has 0 aliphatic carbocycles. The van der Waals surface area contributed by atoms with Gasteiger partial charge < -0.3 is 10.5 Å². The summed E-state index contributed by atoms with van der Waals surface area (Å²) in [7, 11) is 1.40. The molecule has 1 aromatic rings. The molecule has 4 nitrogen and oxygen atoms in total. The lowest BCUT2D eigenvalue weighted by atomic mass is 9.98. The van der Waals surface area contributed by atoms with Gasteiger partial charge in [0.2, 0.25) is 0 Å². The Kier molecular flexibility index (Phi) is 6.94. The van der Waals surface area contributed by atoms with Gasteiger partial charge in [0, 0.05) is 12.8 Å². The topological polar surface area (TPSA) is 69.4 Å². The molecule has 0 spiro atoms. The van der Waals surface area contributed by atoms with Crippen molar-refractivity contribution < 1.29 is 14.3 Å². The van der Waals surface area contributed by atoms with Gasteiger partial charge in [-0.1, -0.05) is 31.2 Å². The van der Waals surface area contributed by atoms with Crippen LogP contribution in [0.5, 0.6) is 0 Å². The second-order valence-electron chi connectivity index (χ2n) is 5.05. The van der Waals surface area contributed by atoms with Gasteiger partial charge in [-0.3, -0.25) is 9.59 Å². The highest BCUT2D eigenvalue weighted by atomic mass is 16.5. The van der Waals surface area contributed by atoms with Crippen molar-refractivity contribution >= 4 is 11.8 Å². The van der Waals surface area contributed by atoms with Crippen molar-refractivity contribution in [3.8, 4) is 0 Å². The Morgan fingerprint density at radius 2 is 1.80 bits per heavy atom. The quantitative estimate of drug-likeness (QED) is 0.737. The van der Waals surface area contributed by atoms with Gasteiger partial charge in [0.25, 0.3) is 0 Å². The number of hydrogen-bond acceptors (Lipinski definition) is 4. The second kappa shape index (κ2) is 8.48. The smallest absolute Gasteiger partial charge is 0.308 e. The normalized spacial score (nSPS) is 11.9. The van der Waals surface area contributed by atoms with Crippen molar-refractivity contribution in [1.29, 1.82) is 0 Å². The molecule has 0 bridgehead atoms. The molecule has 0 aliphatic heterocycles. The summed E-state index contributed by atoms with van der Waals surface area (Å²) < 4.78 is 4.70. The van der Waals surface area contributed by atoms with Gasteiger partial charge in [0.1, 0.15) is 5.78 Å². The fourth-order valence-electron chi connectivity index (χ4n) is 2.05. The Morgan fingerprint density at radius 1 is 1.20 bits per heavy atom. The average molecular weight is 277 g/mol. The molecule has 20 heavy (non-hydrogen) atoms. The Morgan fingerprint density at radius 3 is 2.35 bits per heavy atom. The summed E-state index contributed by atoms with van der Waals surface area (Å²) >= 11 is 0. The first-order valence-corrected chi connectivity index (χ1v) is 6.94. The number of ether oxygens (including phenoxy) is 1. The van der Waals surface area contributed by atoms with Gasteiger partial charge in [0.15, 0.2) is 0 Å². The van der Waals surface area contributed by atoms with Crippen LogP contribution in [0.15, 0.2) is 24.3 Å². The van der Waals surface area contributed by atoms with Crippen LogP contribution in [0.3, 0.4) is 0 Å². The number of hydrogen-bond donors (Lipinski definition) is 1. The maximum Gasteiger partial charge on any atom is 0.308 e. The Bertz CT molecular complexity index is 440. The molecule has 1 atom stereocenters. The zero-order valence-corrected chi connectivity index (χ0v) is 12.2. The molecule has 0 saturated carbocycles. The SMILES string of the molecule is COC(=O)[C@@H](C)Cc1ccc(CC(=O)CCCN)cc1. The standard InChI is InChI=1S/C16H23NO3/c1-12(16(19)20-2)10-13-5-7-14(8-6-13)11-15(18)4-3-9-17/h5-8,12H,3-4,9-11,17H2,1-2H3/t12-/m0/s1. The van der Waals surface area contributed by atoms with Gasteiger partial charge in [-0.25, -0.2) is 0 Å². The van der Waals surface area contributed by atoms with Gasteiger partial charge in [-0.15, -0.1) is 0 Å². The molecule has 0 aliphatic rings. The lowest BCUT2D eigenvalue weighted by Gasteiger charge is -2.09. The van der Waals surface area contributed by atoms with Crippen LogP contribution in [0.4, 0.5) is 0 Å². The number of ketones is 1. The summed E-state index contributed by atoms with van der Waals surface area (Å²) in [5, 5.41) is 0. The van der Waals surface area contributed by atoms with Crippen molar-refractivity contribution in [2.24, 2.45) is 11.7 Å². The number of Topliss-reactive ketones (excluding diaryl/α,β-unsaturated/α-hetero) is 1. The van der Waals surface area contributed by atoms with Crippen LogP contribution in [0, 0.1) is 5.92 Å². The molecule has 0 heterocycles. The monoisotopic (exact) mass is 277 g/mol. The highest BCUT2D eigenvalue weighted by Crippen LogP contribution is 2.12. The number of esters is 1. The van der Waals surface area contributed by atoms with Crippen molar-refractivity contribution in [3.63, 3.8) is 0 Å². The highest BCUT2D eigenvalue weighted by Gasteiger charge is 2.13. The Labute approximate surface area is 120 Å². The molecule has 0 aromatic heterocycles. The third kappa shape index (κ3) is 5.53. The predicted octanol–water partition coefficient (Wildman–Crippen LogP) is 1.89. The van der Waals surface area contributed by atoms with E-state index >= 15 is 0 Å². The maximum absolute atomic E-state index is 11.6. The largest absolute Gasteiger partial charge is 0.469 e. The van der Waals surface area contributed by atoms with E-state index in [1.165, 1.54) is 7.11 Å². The molecular weight excluding hydrogens is 254 g/mol. The molecule has 0 fully saturated rings. The minimum Gasteiger partial charge on any atom is -0.469 e. The molecule has 0 amide bonds. The van der Waals surface area contributed by atoms with E-state index in [1.807, 2.05) is 31.2 Å². The summed E-state index contributed by atoms with van der Waals surface area (Å²) in [5.41, 5.74) is 7.45. The van der Waals surface area contributed by atoms with Crippen LogP contribution in [0.1, 0.15) is 30.9 Å². The molecule has 1 rings (SSSR count). The first-order chi connectivity index (χ1) is 9.56. The second-order valence-corrected chi connectivity index (χ2v) is 5.05. The molecule has 0 radical (unpaired) electrons. The van der Waals surface area contributed by atoms with Gasteiger partial charge in [0.05, 0.1) is 13.0 Å². The molecule has 2 N–H and O–H groups in total. The number of nitrogens with two attached hydrogens (primary N) is 1. The molecule has 4 heteroatoms. The Hall–Kier alpha value is -1.68. The average Bonchev–Trinajstić information content (AvgIpc) is 2.46. The third-order valence-corrected chi connectivity index (χ3v) is 3.23. The number of carbonyl (C=O) groups is 2. The first-order valence-electron chi connectivity index (χ1n) is 6.94. The number of benzene rings is 1. The lowest BCUT2D eigenvalue weighted by Crippen LogP contribution is -2.15.